The molecule has 6 nitrogen and oxygen atoms in total. The lowest BCUT2D eigenvalue weighted by atomic mass is 10.2. The van der Waals surface area contributed by atoms with Gasteiger partial charge in [-0.1, -0.05) is 0 Å². The molecule has 2 aromatic heterocycles. The molecule has 2 heterocycles. The van der Waals surface area contributed by atoms with Crippen molar-refractivity contribution < 1.29 is 14.3 Å². The molecule has 2 rings (SSSR count). The Morgan fingerprint density at radius 1 is 1.65 bits per heavy atom. The van der Waals surface area contributed by atoms with Crippen molar-refractivity contribution in [3.8, 4) is 0 Å². The maximum atomic E-state index is 11.4. The van der Waals surface area contributed by atoms with Gasteiger partial charge in [0, 0.05) is 6.54 Å². The third kappa shape index (κ3) is 3.30. The monoisotopic (exact) mass is 253 g/mol. The standard InChI is InChI=1S/C10H11N3O3S/c14-8(7-1-4-17-6-7)5-12-9(15)13-10-11-2-3-16-10/h1-4,6,8,14H,5H2,(H2,11,12,13,15)/t8-/m0/s1. The van der Waals surface area contributed by atoms with Crippen LogP contribution in [0.3, 0.4) is 0 Å². The lowest BCUT2D eigenvalue weighted by molar-refractivity contribution is 0.175. The zero-order valence-electron chi connectivity index (χ0n) is 8.79. The van der Waals surface area contributed by atoms with E-state index >= 15 is 0 Å². The number of carbonyl (C=O) groups excluding carboxylic acids is 1. The van der Waals surface area contributed by atoms with E-state index in [1.807, 2.05) is 16.8 Å². The van der Waals surface area contributed by atoms with Gasteiger partial charge in [0.1, 0.15) is 6.26 Å². The van der Waals surface area contributed by atoms with E-state index in [0.717, 1.165) is 5.56 Å². The van der Waals surface area contributed by atoms with Gasteiger partial charge in [-0.15, -0.1) is 0 Å². The molecule has 0 unspecified atom stereocenters. The van der Waals surface area contributed by atoms with Crippen molar-refractivity contribution in [1.82, 2.24) is 10.3 Å². The average molecular weight is 253 g/mol. The molecular weight excluding hydrogens is 242 g/mol. The zero-order chi connectivity index (χ0) is 12.1. The number of hydrogen-bond donors (Lipinski definition) is 3. The predicted octanol–water partition coefficient (Wildman–Crippen LogP) is 1.59. The number of hydrogen-bond acceptors (Lipinski definition) is 5. The fraction of sp³-hybridized carbons (Fsp3) is 0.200. The lowest BCUT2D eigenvalue weighted by Crippen LogP contribution is -2.32. The van der Waals surface area contributed by atoms with Crippen molar-refractivity contribution in [2.24, 2.45) is 0 Å². The maximum absolute atomic E-state index is 11.4. The summed E-state index contributed by atoms with van der Waals surface area (Å²) in [5.41, 5.74) is 0.784. The van der Waals surface area contributed by atoms with Crippen LogP contribution in [-0.4, -0.2) is 22.7 Å². The first-order chi connectivity index (χ1) is 8.25. The fourth-order valence-electron chi connectivity index (χ4n) is 1.20. The van der Waals surface area contributed by atoms with Gasteiger partial charge >= 0.3 is 12.0 Å². The van der Waals surface area contributed by atoms with Gasteiger partial charge in [-0.3, -0.25) is 5.32 Å². The van der Waals surface area contributed by atoms with Crippen LogP contribution in [0.15, 0.2) is 33.7 Å². The van der Waals surface area contributed by atoms with Crippen molar-refractivity contribution in [2.75, 3.05) is 11.9 Å². The number of aliphatic hydroxyl groups excluding tert-OH is 1. The predicted molar refractivity (Wildman–Crippen MR) is 62.8 cm³/mol. The Hall–Kier alpha value is -1.86. The van der Waals surface area contributed by atoms with Crippen LogP contribution in [0, 0.1) is 0 Å². The smallest absolute Gasteiger partial charge is 0.322 e. The summed E-state index contributed by atoms with van der Waals surface area (Å²) < 4.78 is 4.84. The molecule has 2 aromatic rings. The first-order valence-corrected chi connectivity index (χ1v) is 5.84. The number of aliphatic hydroxyl groups is 1. The Morgan fingerprint density at radius 2 is 2.53 bits per heavy atom. The summed E-state index contributed by atoms with van der Waals surface area (Å²) in [5.74, 6) is 0. The molecule has 0 aliphatic rings. The number of amides is 2. The molecule has 0 aliphatic carbocycles. The zero-order valence-corrected chi connectivity index (χ0v) is 9.61. The van der Waals surface area contributed by atoms with Crippen LogP contribution >= 0.6 is 11.3 Å². The van der Waals surface area contributed by atoms with Crippen LogP contribution < -0.4 is 10.6 Å². The topological polar surface area (TPSA) is 87.4 Å². The van der Waals surface area contributed by atoms with Gasteiger partial charge in [-0.25, -0.2) is 9.78 Å². The van der Waals surface area contributed by atoms with Crippen LogP contribution in [0.2, 0.25) is 0 Å². The SMILES string of the molecule is O=C(NC[C@H](O)c1ccsc1)Nc1ncco1. The van der Waals surface area contributed by atoms with E-state index in [1.54, 1.807) is 0 Å². The summed E-state index contributed by atoms with van der Waals surface area (Å²) in [6.45, 7) is 0.128. The van der Waals surface area contributed by atoms with E-state index < -0.39 is 12.1 Å². The van der Waals surface area contributed by atoms with Gasteiger partial charge in [-0.2, -0.15) is 11.3 Å². The molecule has 2 amide bonds. The molecule has 0 fully saturated rings. The highest BCUT2D eigenvalue weighted by Crippen LogP contribution is 2.15. The summed E-state index contributed by atoms with van der Waals surface area (Å²) in [5, 5.41) is 18.3. The third-order valence-corrected chi connectivity index (χ3v) is 2.74. The highest BCUT2D eigenvalue weighted by atomic mass is 32.1. The van der Waals surface area contributed by atoms with E-state index in [9.17, 15) is 9.90 Å². The number of anilines is 1. The molecule has 0 saturated carbocycles. The first-order valence-electron chi connectivity index (χ1n) is 4.90. The number of thiophene rings is 1. The van der Waals surface area contributed by atoms with Crippen molar-refractivity contribution in [3.05, 3.63) is 34.8 Å². The molecule has 0 aromatic carbocycles. The third-order valence-electron chi connectivity index (χ3n) is 2.04. The molecule has 17 heavy (non-hydrogen) atoms. The van der Waals surface area contributed by atoms with Gasteiger partial charge < -0.3 is 14.8 Å². The first kappa shape index (κ1) is 11.6. The van der Waals surface area contributed by atoms with E-state index in [0.29, 0.717) is 0 Å². The minimum absolute atomic E-state index is 0.118. The second-order valence-electron chi connectivity index (χ2n) is 3.24. The number of carbonyl (C=O) groups is 1. The Bertz CT molecular complexity index is 455. The lowest BCUT2D eigenvalue weighted by Gasteiger charge is -2.10. The summed E-state index contributed by atoms with van der Waals surface area (Å²) in [6, 6.07) is 1.46. The van der Waals surface area contributed by atoms with Gasteiger partial charge in [0.2, 0.25) is 0 Å². The second-order valence-corrected chi connectivity index (χ2v) is 4.02. The highest BCUT2D eigenvalue weighted by molar-refractivity contribution is 7.07. The second kappa shape index (κ2) is 5.46. The molecule has 7 heteroatoms. The molecular formula is C10H11N3O3S. The molecule has 1 atom stereocenters. The van der Waals surface area contributed by atoms with E-state index in [-0.39, 0.29) is 12.6 Å². The van der Waals surface area contributed by atoms with E-state index in [1.165, 1.54) is 23.8 Å². The van der Waals surface area contributed by atoms with Gasteiger partial charge in [0.15, 0.2) is 0 Å². The molecule has 0 bridgehead atoms. The fourth-order valence-corrected chi connectivity index (χ4v) is 1.91. The average Bonchev–Trinajstić information content (AvgIpc) is 2.97. The highest BCUT2D eigenvalue weighted by Gasteiger charge is 2.10. The number of nitrogens with one attached hydrogen (secondary N) is 2. The normalized spacial score (nSPS) is 12.1. The van der Waals surface area contributed by atoms with Crippen LogP contribution in [0.25, 0.3) is 0 Å². The summed E-state index contributed by atoms with van der Waals surface area (Å²) in [6.07, 6.45) is 2.07. The van der Waals surface area contributed by atoms with Crippen molar-refractivity contribution in [3.63, 3.8) is 0 Å². The molecule has 3 N–H and O–H groups in total. The van der Waals surface area contributed by atoms with Gasteiger partial charge in [0.05, 0.1) is 12.3 Å². The molecule has 0 radical (unpaired) electrons. The summed E-state index contributed by atoms with van der Waals surface area (Å²) in [7, 11) is 0. The maximum Gasteiger partial charge on any atom is 0.322 e. The van der Waals surface area contributed by atoms with Gasteiger partial charge in [-0.05, 0) is 22.4 Å². The van der Waals surface area contributed by atoms with Crippen LogP contribution in [0.1, 0.15) is 11.7 Å². The Kier molecular flexibility index (Phi) is 3.73. The van der Waals surface area contributed by atoms with Gasteiger partial charge in [0.25, 0.3) is 0 Å². The minimum Gasteiger partial charge on any atom is -0.432 e. The minimum atomic E-state index is -0.712. The molecule has 0 spiro atoms. The summed E-state index contributed by atoms with van der Waals surface area (Å²) in [4.78, 5) is 15.1. The summed E-state index contributed by atoms with van der Waals surface area (Å²) >= 11 is 1.49. The van der Waals surface area contributed by atoms with Crippen LogP contribution in [0.5, 0.6) is 0 Å². The number of urea groups is 1. The van der Waals surface area contributed by atoms with Crippen molar-refractivity contribution in [1.29, 1.82) is 0 Å². The van der Waals surface area contributed by atoms with E-state index in [4.69, 9.17) is 4.42 Å². The molecule has 0 aliphatic heterocycles. The quantitative estimate of drug-likeness (QED) is 0.772. The van der Waals surface area contributed by atoms with Crippen molar-refractivity contribution >= 4 is 23.4 Å². The Morgan fingerprint density at radius 3 is 3.18 bits per heavy atom. The van der Waals surface area contributed by atoms with Crippen LogP contribution in [-0.2, 0) is 0 Å². The number of nitrogens with zero attached hydrogens (tertiary/aromatic N) is 1. The van der Waals surface area contributed by atoms with Crippen LogP contribution in [0.4, 0.5) is 10.8 Å². The van der Waals surface area contributed by atoms with Crippen molar-refractivity contribution in [2.45, 2.75) is 6.10 Å². The van der Waals surface area contributed by atoms with E-state index in [2.05, 4.69) is 15.6 Å². The number of oxazole rings is 1. The Balaban J connectivity index is 1.76. The number of aromatic nitrogens is 1. The Labute approximate surface area is 101 Å². The number of rotatable bonds is 4. The molecule has 90 valence electrons. The largest absolute Gasteiger partial charge is 0.432 e. The molecule has 0 saturated heterocycles.